The van der Waals surface area contributed by atoms with Crippen molar-refractivity contribution in [3.05, 3.63) is 220 Å². The maximum Gasteiger partial charge on any atom is 0.345 e. The number of ether oxygens (including phenoxy) is 4. The molecule has 0 aliphatic carbocycles. The SMILES string of the molecule is Cc1cc(C(=O)OCc2ccccc2)cc(C)c1OC(=O)c1cccnc1.Cc1cc(C(=O)OCc2ccccc2)cc(OCc2ccccc2)c1O.O=C(O)c1cccnc1. The second-order valence-electron chi connectivity index (χ2n) is 13.7. The number of hydrogen-bond donors (Lipinski definition) is 2. The predicted octanol–water partition coefficient (Wildman–Crippen LogP) is 9.69. The molecule has 0 aliphatic heterocycles. The van der Waals surface area contributed by atoms with Gasteiger partial charge in [-0.3, -0.25) is 9.97 Å². The van der Waals surface area contributed by atoms with Gasteiger partial charge in [-0.1, -0.05) is 91.0 Å². The van der Waals surface area contributed by atoms with Crippen LogP contribution in [-0.4, -0.2) is 44.1 Å². The third-order valence-corrected chi connectivity index (χ3v) is 8.86. The topological polar surface area (TPSA) is 171 Å². The first-order valence-corrected chi connectivity index (χ1v) is 19.3. The normalized spacial score (nSPS) is 10.1. The molecule has 7 aromatic rings. The third kappa shape index (κ3) is 13.7. The first kappa shape index (κ1) is 45.0. The maximum absolute atomic E-state index is 12.3. The van der Waals surface area contributed by atoms with E-state index >= 15 is 0 Å². The Balaban J connectivity index is 0.000000195. The molecule has 62 heavy (non-hydrogen) atoms. The van der Waals surface area contributed by atoms with Crippen LogP contribution in [0.15, 0.2) is 164 Å². The molecule has 12 heteroatoms. The number of carboxylic acid groups (broad SMARTS) is 1. The molecule has 2 heterocycles. The number of aryl methyl sites for hydroxylation is 3. The average Bonchev–Trinajstić information content (AvgIpc) is 3.30. The van der Waals surface area contributed by atoms with E-state index in [2.05, 4.69) is 9.97 Å². The van der Waals surface area contributed by atoms with Crippen LogP contribution in [0.5, 0.6) is 17.2 Å². The zero-order valence-corrected chi connectivity index (χ0v) is 34.3. The van der Waals surface area contributed by atoms with Crippen LogP contribution >= 0.6 is 0 Å². The number of carbonyl (C=O) groups excluding carboxylic acids is 3. The third-order valence-electron chi connectivity index (χ3n) is 8.86. The zero-order valence-electron chi connectivity index (χ0n) is 34.3. The van der Waals surface area contributed by atoms with Crippen molar-refractivity contribution in [2.45, 2.75) is 40.6 Å². The molecule has 0 radical (unpaired) electrons. The van der Waals surface area contributed by atoms with Gasteiger partial charge in [0.05, 0.1) is 22.3 Å². The number of esters is 3. The van der Waals surface area contributed by atoms with E-state index in [0.29, 0.717) is 45.7 Å². The lowest BCUT2D eigenvalue weighted by Gasteiger charge is -2.13. The fourth-order valence-corrected chi connectivity index (χ4v) is 5.68. The quantitative estimate of drug-likeness (QED) is 0.0884. The Hall–Kier alpha value is -8.12. The second kappa shape index (κ2) is 22.9. The van der Waals surface area contributed by atoms with Crippen LogP contribution < -0.4 is 9.47 Å². The van der Waals surface area contributed by atoms with E-state index in [-0.39, 0.29) is 30.3 Å². The van der Waals surface area contributed by atoms with E-state index < -0.39 is 23.9 Å². The fourth-order valence-electron chi connectivity index (χ4n) is 5.68. The molecule has 0 spiro atoms. The molecule has 0 unspecified atom stereocenters. The van der Waals surface area contributed by atoms with Gasteiger partial charge in [-0.15, -0.1) is 0 Å². The van der Waals surface area contributed by atoms with Crippen molar-refractivity contribution in [2.24, 2.45) is 0 Å². The summed E-state index contributed by atoms with van der Waals surface area (Å²) >= 11 is 0. The first-order valence-electron chi connectivity index (χ1n) is 19.3. The van der Waals surface area contributed by atoms with Gasteiger partial charge in [-0.2, -0.15) is 0 Å². The maximum atomic E-state index is 12.3. The van der Waals surface area contributed by atoms with Crippen molar-refractivity contribution in [1.82, 2.24) is 9.97 Å². The van der Waals surface area contributed by atoms with Crippen LogP contribution in [0.3, 0.4) is 0 Å². The summed E-state index contributed by atoms with van der Waals surface area (Å²) in [5.41, 5.74) is 6.07. The molecule has 0 amide bonds. The number of aromatic nitrogens is 2. The monoisotopic (exact) mass is 832 g/mol. The molecule has 2 N–H and O–H groups in total. The lowest BCUT2D eigenvalue weighted by atomic mass is 10.1. The summed E-state index contributed by atoms with van der Waals surface area (Å²) in [6.45, 7) is 5.99. The Bertz CT molecular complexity index is 2530. The van der Waals surface area contributed by atoms with Gasteiger partial charge in [0.25, 0.3) is 0 Å². The molecular formula is C50H44N2O10. The van der Waals surface area contributed by atoms with Gasteiger partial charge in [-0.05, 0) is 103 Å². The standard InChI is InChI=1S/C22H19NO4.C22H20O4.C6H5NO2/c1-15-11-19(21(24)26-14-17-7-4-3-5-8-17)12-16(2)20(15)27-22(25)18-9-6-10-23-13-18;1-16-12-19(22(24)26-15-18-10-6-3-7-11-18)13-20(21(16)23)25-14-17-8-4-2-5-9-17;8-6(9)5-2-1-3-7-4-5/h3-13H,14H2,1-2H3;2-13,23H,14-15H2,1H3;1-4H,(H,8,9). The van der Waals surface area contributed by atoms with Crippen LogP contribution in [0.1, 0.15) is 74.8 Å². The van der Waals surface area contributed by atoms with Crippen molar-refractivity contribution in [3.8, 4) is 17.2 Å². The van der Waals surface area contributed by atoms with Crippen molar-refractivity contribution < 1.29 is 48.3 Å². The number of aromatic hydroxyl groups is 1. The zero-order chi connectivity index (χ0) is 44.3. The number of aromatic carboxylic acids is 1. The Kier molecular flexibility index (Phi) is 16.6. The molecular weight excluding hydrogens is 789 g/mol. The van der Waals surface area contributed by atoms with Crippen molar-refractivity contribution >= 4 is 23.9 Å². The summed E-state index contributed by atoms with van der Waals surface area (Å²) in [5.74, 6) is -1.59. The molecule has 12 nitrogen and oxygen atoms in total. The van der Waals surface area contributed by atoms with E-state index in [1.807, 2.05) is 91.0 Å². The number of pyridine rings is 2. The number of phenolic OH excluding ortho intramolecular Hbond substituents is 1. The Labute approximate surface area is 359 Å². The smallest absolute Gasteiger partial charge is 0.345 e. The molecule has 7 rings (SSSR count). The minimum atomic E-state index is -0.942. The molecule has 0 atom stereocenters. The van der Waals surface area contributed by atoms with E-state index in [1.54, 1.807) is 63.4 Å². The van der Waals surface area contributed by atoms with E-state index in [9.17, 15) is 24.3 Å². The van der Waals surface area contributed by atoms with Gasteiger partial charge in [0.2, 0.25) is 0 Å². The summed E-state index contributed by atoms with van der Waals surface area (Å²) in [5, 5.41) is 18.6. The van der Waals surface area contributed by atoms with Gasteiger partial charge in [0.1, 0.15) is 25.6 Å². The summed E-state index contributed by atoms with van der Waals surface area (Å²) < 4.78 is 21.9. The number of rotatable bonds is 12. The van der Waals surface area contributed by atoms with E-state index in [4.69, 9.17) is 24.1 Å². The Morgan fingerprint density at radius 2 is 0.935 bits per heavy atom. The molecule has 0 saturated carbocycles. The molecule has 0 aliphatic rings. The minimum Gasteiger partial charge on any atom is -0.504 e. The van der Waals surface area contributed by atoms with Gasteiger partial charge < -0.3 is 29.2 Å². The summed E-state index contributed by atoms with van der Waals surface area (Å²) in [4.78, 5) is 54.6. The molecule has 5 aromatic carbocycles. The minimum absolute atomic E-state index is 0.0283. The Morgan fingerprint density at radius 1 is 0.500 bits per heavy atom. The molecule has 0 saturated heterocycles. The van der Waals surface area contributed by atoms with E-state index in [1.165, 1.54) is 30.7 Å². The highest BCUT2D eigenvalue weighted by Crippen LogP contribution is 2.32. The van der Waals surface area contributed by atoms with Gasteiger partial charge >= 0.3 is 23.9 Å². The molecule has 0 fully saturated rings. The Morgan fingerprint density at radius 3 is 1.37 bits per heavy atom. The number of nitrogens with zero attached hydrogens (tertiary/aromatic N) is 2. The predicted molar refractivity (Wildman–Crippen MR) is 231 cm³/mol. The van der Waals surface area contributed by atoms with Crippen LogP contribution in [0.4, 0.5) is 0 Å². The number of hydrogen-bond acceptors (Lipinski definition) is 11. The highest BCUT2D eigenvalue weighted by Gasteiger charge is 2.18. The second-order valence-corrected chi connectivity index (χ2v) is 13.7. The highest BCUT2D eigenvalue weighted by atomic mass is 16.5. The number of phenols is 1. The largest absolute Gasteiger partial charge is 0.504 e. The number of carboxylic acids is 1. The van der Waals surface area contributed by atoms with Gasteiger partial charge in [-0.25, -0.2) is 19.2 Å². The van der Waals surface area contributed by atoms with Gasteiger partial charge in [0.15, 0.2) is 11.5 Å². The van der Waals surface area contributed by atoms with Crippen LogP contribution in [0.2, 0.25) is 0 Å². The van der Waals surface area contributed by atoms with Crippen LogP contribution in [0.25, 0.3) is 0 Å². The average molecular weight is 833 g/mol. The summed E-state index contributed by atoms with van der Waals surface area (Å²) in [6.07, 6.45) is 5.88. The highest BCUT2D eigenvalue weighted by molar-refractivity contribution is 5.93. The van der Waals surface area contributed by atoms with Crippen molar-refractivity contribution in [3.63, 3.8) is 0 Å². The molecule has 2 aromatic heterocycles. The summed E-state index contributed by atoms with van der Waals surface area (Å²) in [7, 11) is 0. The molecule has 314 valence electrons. The van der Waals surface area contributed by atoms with Crippen LogP contribution in [0, 0.1) is 20.8 Å². The van der Waals surface area contributed by atoms with Crippen molar-refractivity contribution in [1.29, 1.82) is 0 Å². The summed E-state index contributed by atoms with van der Waals surface area (Å²) in [6, 6.07) is 41.4. The lowest BCUT2D eigenvalue weighted by Crippen LogP contribution is -2.12. The fraction of sp³-hybridized carbons (Fsp3) is 0.120. The van der Waals surface area contributed by atoms with Gasteiger partial charge in [0, 0.05) is 24.8 Å². The first-order chi connectivity index (χ1) is 30.0. The van der Waals surface area contributed by atoms with Crippen LogP contribution in [-0.2, 0) is 29.3 Å². The number of benzene rings is 5. The van der Waals surface area contributed by atoms with E-state index in [0.717, 1.165) is 16.7 Å². The van der Waals surface area contributed by atoms with Crippen molar-refractivity contribution in [2.75, 3.05) is 0 Å². The molecule has 0 bridgehead atoms. The lowest BCUT2D eigenvalue weighted by molar-refractivity contribution is 0.0463. The number of carbonyl (C=O) groups is 4.